The van der Waals surface area contributed by atoms with Crippen LogP contribution in [0.1, 0.15) is 57.2 Å². The summed E-state index contributed by atoms with van der Waals surface area (Å²) in [4.78, 5) is 11.8. The van der Waals surface area contributed by atoms with Gasteiger partial charge in [-0.25, -0.2) is 8.42 Å². The van der Waals surface area contributed by atoms with E-state index in [4.69, 9.17) is 14.2 Å². The van der Waals surface area contributed by atoms with Gasteiger partial charge in [-0.05, 0) is 51.0 Å². The number of ether oxygens (including phenoxy) is 3. The first-order valence-electron chi connectivity index (χ1n) is 11.2. The Hall–Kier alpha value is -2.58. The van der Waals surface area contributed by atoms with Gasteiger partial charge in [-0.3, -0.25) is 4.79 Å². The summed E-state index contributed by atoms with van der Waals surface area (Å²) in [5, 5.41) is 0. The van der Waals surface area contributed by atoms with Gasteiger partial charge < -0.3 is 14.2 Å². The molecule has 0 aliphatic carbocycles. The Morgan fingerprint density at radius 3 is 2.58 bits per heavy atom. The van der Waals surface area contributed by atoms with Crippen LogP contribution in [0.3, 0.4) is 0 Å². The van der Waals surface area contributed by atoms with Crippen molar-refractivity contribution in [2.24, 2.45) is 0 Å². The van der Waals surface area contributed by atoms with Crippen molar-refractivity contribution in [1.82, 2.24) is 4.31 Å². The van der Waals surface area contributed by atoms with Crippen LogP contribution in [0.2, 0.25) is 0 Å². The maximum Gasteiger partial charge on any atom is 0.305 e. The molecule has 1 aliphatic heterocycles. The van der Waals surface area contributed by atoms with Gasteiger partial charge in [0.25, 0.3) is 0 Å². The van der Waals surface area contributed by atoms with Crippen LogP contribution in [0.15, 0.2) is 48.5 Å². The van der Waals surface area contributed by atoms with Crippen LogP contribution in [0.5, 0.6) is 11.5 Å². The summed E-state index contributed by atoms with van der Waals surface area (Å²) < 4.78 is 44.2. The SMILES string of the molecule is CCOC(=O)CCCN(C1CC(C)(C)Oc2ccc(OCc3ccccc3)cc21)S(C)(=O)=O. The van der Waals surface area contributed by atoms with Gasteiger partial charge in [-0.1, -0.05) is 30.3 Å². The number of fused-ring (bicyclic) bond motifs is 1. The van der Waals surface area contributed by atoms with E-state index >= 15 is 0 Å². The molecule has 0 bridgehead atoms. The first kappa shape index (κ1) is 25.1. The highest BCUT2D eigenvalue weighted by Gasteiger charge is 2.40. The van der Waals surface area contributed by atoms with Crippen molar-refractivity contribution >= 4 is 16.0 Å². The number of carbonyl (C=O) groups is 1. The van der Waals surface area contributed by atoms with Crippen molar-refractivity contribution in [3.05, 3.63) is 59.7 Å². The van der Waals surface area contributed by atoms with E-state index in [0.29, 0.717) is 37.6 Å². The van der Waals surface area contributed by atoms with Crippen LogP contribution in [0.4, 0.5) is 0 Å². The van der Waals surface area contributed by atoms with Crippen molar-refractivity contribution in [2.75, 3.05) is 19.4 Å². The lowest BCUT2D eigenvalue weighted by Crippen LogP contribution is -2.43. The molecule has 7 nitrogen and oxygen atoms in total. The summed E-state index contributed by atoms with van der Waals surface area (Å²) in [7, 11) is -3.55. The standard InChI is InChI=1S/C25H33NO6S/c1-5-30-24(27)12-9-15-26(33(4,28)29)22-17-25(2,3)32-23-14-13-20(16-21(22)23)31-18-19-10-7-6-8-11-19/h6-8,10-11,13-14,16,22H,5,9,12,15,17-18H2,1-4H3. The van der Waals surface area contributed by atoms with Crippen molar-refractivity contribution in [2.45, 2.75) is 58.3 Å². The molecule has 2 aromatic rings. The molecule has 0 fully saturated rings. The monoisotopic (exact) mass is 475 g/mol. The Morgan fingerprint density at radius 2 is 1.91 bits per heavy atom. The molecule has 1 aliphatic rings. The Bertz CT molecular complexity index is 1050. The zero-order chi connectivity index (χ0) is 24.1. The fourth-order valence-corrected chi connectivity index (χ4v) is 5.16. The molecule has 1 heterocycles. The second kappa shape index (κ2) is 10.6. The van der Waals surface area contributed by atoms with E-state index in [1.165, 1.54) is 10.6 Å². The van der Waals surface area contributed by atoms with Gasteiger partial charge >= 0.3 is 5.97 Å². The van der Waals surface area contributed by atoms with E-state index < -0.39 is 21.7 Å². The number of rotatable bonds is 10. The molecule has 0 saturated heterocycles. The molecule has 3 rings (SSSR count). The summed E-state index contributed by atoms with van der Waals surface area (Å²) >= 11 is 0. The molecule has 1 unspecified atom stereocenters. The van der Waals surface area contributed by atoms with E-state index in [-0.39, 0.29) is 18.9 Å². The maximum atomic E-state index is 12.8. The van der Waals surface area contributed by atoms with Gasteiger partial charge in [-0.2, -0.15) is 4.31 Å². The third-order valence-corrected chi connectivity index (χ3v) is 6.79. The summed E-state index contributed by atoms with van der Waals surface area (Å²) in [5.41, 5.74) is 1.26. The van der Waals surface area contributed by atoms with E-state index in [2.05, 4.69) is 0 Å². The lowest BCUT2D eigenvalue weighted by molar-refractivity contribution is -0.143. The average molecular weight is 476 g/mol. The molecule has 0 amide bonds. The summed E-state index contributed by atoms with van der Waals surface area (Å²) in [5.74, 6) is 0.962. The molecule has 1 atom stereocenters. The number of hydrogen-bond acceptors (Lipinski definition) is 6. The Balaban J connectivity index is 1.85. The topological polar surface area (TPSA) is 82.1 Å². The van der Waals surface area contributed by atoms with Crippen LogP contribution < -0.4 is 9.47 Å². The highest BCUT2D eigenvalue weighted by molar-refractivity contribution is 7.88. The number of carbonyl (C=O) groups excluding carboxylic acids is 1. The molecule has 8 heteroatoms. The smallest absolute Gasteiger partial charge is 0.305 e. The van der Waals surface area contributed by atoms with Crippen molar-refractivity contribution in [1.29, 1.82) is 0 Å². The predicted molar refractivity (Wildman–Crippen MR) is 127 cm³/mol. The molecule has 2 aromatic carbocycles. The van der Waals surface area contributed by atoms with Gasteiger partial charge in [0.05, 0.1) is 18.9 Å². The number of benzene rings is 2. The van der Waals surface area contributed by atoms with Crippen LogP contribution >= 0.6 is 0 Å². The van der Waals surface area contributed by atoms with Gasteiger partial charge in [0.15, 0.2) is 0 Å². The Labute approximate surface area is 196 Å². The van der Waals surface area contributed by atoms with Crippen LogP contribution in [0.25, 0.3) is 0 Å². The quantitative estimate of drug-likeness (QED) is 0.472. The fourth-order valence-electron chi connectivity index (χ4n) is 4.05. The first-order valence-corrected chi connectivity index (χ1v) is 13.1. The molecule has 0 aromatic heterocycles. The van der Waals surface area contributed by atoms with Gasteiger partial charge in [0.1, 0.15) is 23.7 Å². The third kappa shape index (κ3) is 6.95. The first-order chi connectivity index (χ1) is 15.6. The minimum Gasteiger partial charge on any atom is -0.489 e. The average Bonchev–Trinajstić information content (AvgIpc) is 2.74. The highest BCUT2D eigenvalue weighted by Crippen LogP contribution is 2.45. The van der Waals surface area contributed by atoms with Crippen LogP contribution in [-0.2, 0) is 26.2 Å². The van der Waals surface area contributed by atoms with E-state index in [1.54, 1.807) is 6.92 Å². The lowest BCUT2D eigenvalue weighted by atomic mass is 9.89. The molecule has 180 valence electrons. The number of sulfonamides is 1. The maximum absolute atomic E-state index is 12.8. The van der Waals surface area contributed by atoms with E-state index in [0.717, 1.165) is 11.1 Å². The van der Waals surface area contributed by atoms with Crippen molar-refractivity contribution < 1.29 is 27.4 Å². The normalized spacial score (nSPS) is 17.2. The summed E-state index contributed by atoms with van der Waals surface area (Å²) in [6.45, 7) is 6.57. The largest absolute Gasteiger partial charge is 0.489 e. The van der Waals surface area contributed by atoms with Gasteiger partial charge in [-0.15, -0.1) is 0 Å². The summed E-state index contributed by atoms with van der Waals surface area (Å²) in [6.07, 6.45) is 2.23. The number of esters is 1. The molecule has 0 N–H and O–H groups in total. The van der Waals surface area contributed by atoms with Crippen molar-refractivity contribution in [3.63, 3.8) is 0 Å². The minimum absolute atomic E-state index is 0.166. The van der Waals surface area contributed by atoms with Gasteiger partial charge in [0, 0.05) is 24.9 Å². The minimum atomic E-state index is -3.55. The molecular formula is C25H33NO6S. The number of nitrogens with zero attached hydrogens (tertiary/aromatic N) is 1. The predicted octanol–water partition coefficient (Wildman–Crippen LogP) is 4.47. The molecule has 0 spiro atoms. The Kier molecular flexibility index (Phi) is 8.02. The molecule has 0 saturated carbocycles. The Morgan fingerprint density at radius 1 is 1.18 bits per heavy atom. The van der Waals surface area contributed by atoms with E-state index in [9.17, 15) is 13.2 Å². The lowest BCUT2D eigenvalue weighted by Gasteiger charge is -2.41. The summed E-state index contributed by atoms with van der Waals surface area (Å²) in [6, 6.07) is 14.9. The van der Waals surface area contributed by atoms with Crippen LogP contribution in [0, 0.1) is 0 Å². The van der Waals surface area contributed by atoms with Gasteiger partial charge in [0.2, 0.25) is 10.0 Å². The second-order valence-corrected chi connectivity index (χ2v) is 10.8. The third-order valence-electron chi connectivity index (χ3n) is 5.50. The second-order valence-electron chi connectivity index (χ2n) is 8.84. The zero-order valence-electron chi connectivity index (χ0n) is 19.7. The molecule has 0 radical (unpaired) electrons. The van der Waals surface area contributed by atoms with Crippen molar-refractivity contribution in [3.8, 4) is 11.5 Å². The van der Waals surface area contributed by atoms with Crippen LogP contribution in [-0.4, -0.2) is 43.7 Å². The molecule has 33 heavy (non-hydrogen) atoms. The van der Waals surface area contributed by atoms with E-state index in [1.807, 2.05) is 62.4 Å². The molecular weight excluding hydrogens is 442 g/mol. The highest BCUT2D eigenvalue weighted by atomic mass is 32.2. The zero-order valence-corrected chi connectivity index (χ0v) is 20.6. The number of hydrogen-bond donors (Lipinski definition) is 0. The fraction of sp³-hybridized carbons (Fsp3) is 0.480.